The summed E-state index contributed by atoms with van der Waals surface area (Å²) in [6.45, 7) is 2.98. The average Bonchev–Trinajstić information content (AvgIpc) is 3.17. The minimum absolute atomic E-state index is 0.0894. The fraction of sp³-hybridized carbons (Fsp3) is 0.467. The highest BCUT2D eigenvalue weighted by Crippen LogP contribution is 2.36. The van der Waals surface area contributed by atoms with Gasteiger partial charge >= 0.3 is 0 Å². The van der Waals surface area contributed by atoms with Gasteiger partial charge in [-0.1, -0.05) is 16.8 Å². The number of benzene rings is 1. The van der Waals surface area contributed by atoms with Gasteiger partial charge in [-0.25, -0.2) is 4.68 Å². The molecule has 4 rings (SSSR count). The number of ether oxygens (including phenoxy) is 2. The van der Waals surface area contributed by atoms with Crippen molar-refractivity contribution in [2.45, 2.75) is 18.7 Å². The van der Waals surface area contributed by atoms with Gasteiger partial charge in [-0.2, -0.15) is 0 Å². The number of hydrogen-bond donors (Lipinski definition) is 1. The van der Waals surface area contributed by atoms with E-state index in [2.05, 4.69) is 15.2 Å². The lowest BCUT2D eigenvalue weighted by Crippen LogP contribution is -2.22. The number of halogens is 1. The molecule has 2 aliphatic heterocycles. The molecule has 3 heterocycles. The number of fused-ring (bicyclic) bond motifs is 1. The van der Waals surface area contributed by atoms with Crippen molar-refractivity contribution in [1.82, 2.24) is 19.9 Å². The summed E-state index contributed by atoms with van der Waals surface area (Å²) in [6, 6.07) is 3.63. The van der Waals surface area contributed by atoms with Gasteiger partial charge < -0.3 is 14.6 Å². The van der Waals surface area contributed by atoms with Crippen molar-refractivity contribution in [3.8, 4) is 11.5 Å². The fourth-order valence-corrected chi connectivity index (χ4v) is 3.31. The third-order valence-corrected chi connectivity index (χ3v) is 4.57. The molecule has 0 bridgehead atoms. The summed E-state index contributed by atoms with van der Waals surface area (Å²) < 4.78 is 12.8. The van der Waals surface area contributed by atoms with Gasteiger partial charge in [-0.15, -0.1) is 5.10 Å². The Kier molecular flexibility index (Phi) is 3.84. The smallest absolute Gasteiger partial charge is 0.162 e. The number of β-amino-alcohol motifs (C(OH)–C–C–N with tert-alkyl or cyclic N) is 1. The zero-order valence-electron chi connectivity index (χ0n) is 12.4. The molecule has 1 fully saturated rings. The van der Waals surface area contributed by atoms with Crippen molar-refractivity contribution in [3.05, 3.63) is 35.1 Å². The topological polar surface area (TPSA) is 72.6 Å². The molecule has 0 radical (unpaired) electrons. The van der Waals surface area contributed by atoms with Gasteiger partial charge in [0.1, 0.15) is 13.2 Å². The molecule has 2 atom stereocenters. The van der Waals surface area contributed by atoms with Gasteiger partial charge in [0.15, 0.2) is 11.5 Å². The van der Waals surface area contributed by atoms with E-state index in [9.17, 15) is 5.11 Å². The first-order chi connectivity index (χ1) is 11.2. The Hall–Kier alpha value is -1.83. The fourth-order valence-electron chi connectivity index (χ4n) is 3.10. The molecule has 1 N–H and O–H groups in total. The molecule has 2 aliphatic rings. The Morgan fingerprint density at radius 2 is 2.00 bits per heavy atom. The SMILES string of the molecule is O[C@@H]1CN(Cc2cc3c(cc2Cl)OCCO3)C[C@H]1n1ccnn1. The highest BCUT2D eigenvalue weighted by molar-refractivity contribution is 6.31. The van der Waals surface area contributed by atoms with Crippen molar-refractivity contribution in [1.29, 1.82) is 0 Å². The van der Waals surface area contributed by atoms with Crippen LogP contribution in [0.15, 0.2) is 24.5 Å². The van der Waals surface area contributed by atoms with E-state index >= 15 is 0 Å². The van der Waals surface area contributed by atoms with Crippen LogP contribution in [-0.2, 0) is 6.54 Å². The summed E-state index contributed by atoms with van der Waals surface area (Å²) in [6.07, 6.45) is 2.91. The monoisotopic (exact) mass is 336 g/mol. The molecular weight excluding hydrogens is 320 g/mol. The van der Waals surface area contributed by atoms with Crippen molar-refractivity contribution >= 4 is 11.6 Å². The minimum atomic E-state index is -0.479. The predicted octanol–water partition coefficient (Wildman–Crippen LogP) is 1.12. The predicted molar refractivity (Wildman–Crippen MR) is 82.8 cm³/mol. The first-order valence-corrected chi connectivity index (χ1v) is 7.93. The van der Waals surface area contributed by atoms with Crippen LogP contribution in [0.2, 0.25) is 5.02 Å². The van der Waals surface area contributed by atoms with Crippen LogP contribution < -0.4 is 9.47 Å². The van der Waals surface area contributed by atoms with Crippen molar-refractivity contribution in [2.24, 2.45) is 0 Å². The molecule has 7 nitrogen and oxygen atoms in total. The van der Waals surface area contributed by atoms with Crippen molar-refractivity contribution < 1.29 is 14.6 Å². The highest BCUT2D eigenvalue weighted by atomic mass is 35.5. The number of hydrogen-bond acceptors (Lipinski definition) is 6. The molecule has 0 saturated carbocycles. The second-order valence-electron chi connectivity index (χ2n) is 5.80. The number of aromatic nitrogens is 3. The van der Waals surface area contributed by atoms with Gasteiger partial charge in [0.05, 0.1) is 18.3 Å². The lowest BCUT2D eigenvalue weighted by atomic mass is 10.2. The number of aliphatic hydroxyl groups is 1. The molecule has 1 aromatic heterocycles. The Balaban J connectivity index is 1.50. The molecular formula is C15H17ClN4O3. The first-order valence-electron chi connectivity index (χ1n) is 7.55. The van der Waals surface area contributed by atoms with E-state index in [-0.39, 0.29) is 6.04 Å². The molecule has 0 amide bonds. The summed E-state index contributed by atoms with van der Waals surface area (Å²) in [5.74, 6) is 1.41. The molecule has 8 heteroatoms. The Labute approximate surface area is 138 Å². The number of likely N-dealkylation sites (tertiary alicyclic amines) is 1. The molecule has 1 aromatic carbocycles. The van der Waals surface area contributed by atoms with Gasteiger partial charge in [-0.05, 0) is 11.6 Å². The number of nitrogens with zero attached hydrogens (tertiary/aromatic N) is 4. The maximum Gasteiger partial charge on any atom is 0.162 e. The van der Waals surface area contributed by atoms with E-state index in [1.165, 1.54) is 0 Å². The lowest BCUT2D eigenvalue weighted by Gasteiger charge is -2.22. The van der Waals surface area contributed by atoms with Crippen LogP contribution in [-0.4, -0.2) is 57.4 Å². The number of aliphatic hydroxyl groups excluding tert-OH is 1. The van der Waals surface area contributed by atoms with Crippen LogP contribution in [0.4, 0.5) is 0 Å². The van der Waals surface area contributed by atoms with Gasteiger partial charge in [-0.3, -0.25) is 4.90 Å². The number of rotatable bonds is 3. The summed E-state index contributed by atoms with van der Waals surface area (Å²) in [4.78, 5) is 2.15. The Bertz CT molecular complexity index is 694. The molecule has 0 aliphatic carbocycles. The zero-order valence-corrected chi connectivity index (χ0v) is 13.2. The maximum atomic E-state index is 10.3. The Morgan fingerprint density at radius 1 is 1.22 bits per heavy atom. The van der Waals surface area contributed by atoms with E-state index < -0.39 is 6.10 Å². The summed E-state index contributed by atoms with van der Waals surface area (Å²) in [5.41, 5.74) is 0.961. The summed E-state index contributed by atoms with van der Waals surface area (Å²) in [5, 5.41) is 18.7. The minimum Gasteiger partial charge on any atom is -0.486 e. The van der Waals surface area contributed by atoms with E-state index in [4.69, 9.17) is 21.1 Å². The molecule has 2 aromatic rings. The molecule has 0 spiro atoms. The second-order valence-corrected chi connectivity index (χ2v) is 6.21. The van der Waals surface area contributed by atoms with E-state index in [0.29, 0.717) is 43.6 Å². The van der Waals surface area contributed by atoms with Gasteiger partial charge in [0.25, 0.3) is 0 Å². The van der Waals surface area contributed by atoms with Crippen molar-refractivity contribution in [3.63, 3.8) is 0 Å². The average molecular weight is 337 g/mol. The largest absolute Gasteiger partial charge is 0.486 e. The highest BCUT2D eigenvalue weighted by Gasteiger charge is 2.33. The standard InChI is InChI=1S/C15H17ClN4O3/c16-11-6-15-14(22-3-4-23-15)5-10(11)7-19-8-12(13(21)9-19)20-2-1-17-18-20/h1-2,5-6,12-13,21H,3-4,7-9H2/t12-,13-/m1/s1. The quantitative estimate of drug-likeness (QED) is 0.905. The molecule has 1 saturated heterocycles. The van der Waals surface area contributed by atoms with Crippen LogP contribution in [0, 0.1) is 0 Å². The van der Waals surface area contributed by atoms with Crippen LogP contribution in [0.25, 0.3) is 0 Å². The van der Waals surface area contributed by atoms with Crippen LogP contribution >= 0.6 is 11.6 Å². The lowest BCUT2D eigenvalue weighted by molar-refractivity contribution is 0.138. The molecule has 122 valence electrons. The van der Waals surface area contributed by atoms with E-state index in [0.717, 1.165) is 11.3 Å². The van der Waals surface area contributed by atoms with E-state index in [1.54, 1.807) is 23.1 Å². The van der Waals surface area contributed by atoms with Gasteiger partial charge in [0.2, 0.25) is 0 Å². The second kappa shape index (κ2) is 5.99. The van der Waals surface area contributed by atoms with Crippen molar-refractivity contribution in [2.75, 3.05) is 26.3 Å². The summed E-state index contributed by atoms with van der Waals surface area (Å²) in [7, 11) is 0. The first kappa shape index (κ1) is 14.7. The molecule has 23 heavy (non-hydrogen) atoms. The summed E-state index contributed by atoms with van der Waals surface area (Å²) >= 11 is 6.36. The zero-order chi connectivity index (χ0) is 15.8. The van der Waals surface area contributed by atoms with Crippen LogP contribution in [0.1, 0.15) is 11.6 Å². The van der Waals surface area contributed by atoms with Crippen LogP contribution in [0.5, 0.6) is 11.5 Å². The van der Waals surface area contributed by atoms with Gasteiger partial charge in [0, 0.05) is 36.9 Å². The normalized spacial score (nSPS) is 24.1. The third kappa shape index (κ3) is 2.87. The van der Waals surface area contributed by atoms with Crippen LogP contribution in [0.3, 0.4) is 0 Å². The molecule has 0 unspecified atom stereocenters. The Morgan fingerprint density at radius 3 is 2.74 bits per heavy atom. The maximum absolute atomic E-state index is 10.3. The van der Waals surface area contributed by atoms with E-state index in [1.807, 2.05) is 6.07 Å². The third-order valence-electron chi connectivity index (χ3n) is 4.22.